The van der Waals surface area contributed by atoms with Crippen LogP contribution in [0.15, 0.2) is 53.4 Å². The van der Waals surface area contributed by atoms with Gasteiger partial charge >= 0.3 is 0 Å². The number of sulfonamides is 1. The molecule has 10 heteroatoms. The van der Waals surface area contributed by atoms with Crippen LogP contribution in [-0.2, 0) is 10.0 Å². The molecule has 9 nitrogen and oxygen atoms in total. The number of hydrogen-bond acceptors (Lipinski definition) is 6. The third kappa shape index (κ3) is 5.65. The molecule has 3 aliphatic rings. The van der Waals surface area contributed by atoms with Crippen molar-refractivity contribution < 1.29 is 22.7 Å². The van der Waals surface area contributed by atoms with E-state index in [1.54, 1.807) is 36.3 Å². The van der Waals surface area contributed by atoms with Crippen molar-refractivity contribution in [1.82, 2.24) is 18.7 Å². The normalized spacial score (nSPS) is 23.4. The average molecular weight is 609 g/mol. The number of amides is 1. The highest BCUT2D eigenvalue weighted by Crippen LogP contribution is 2.39. The lowest BCUT2D eigenvalue weighted by molar-refractivity contribution is 0.0308. The molecule has 2 aromatic carbocycles. The predicted octanol–water partition coefficient (Wildman–Crippen LogP) is 5.16. The van der Waals surface area contributed by atoms with E-state index in [0.717, 1.165) is 29.5 Å². The Kier molecular flexibility index (Phi) is 8.21. The molecule has 3 fully saturated rings. The van der Waals surface area contributed by atoms with Gasteiger partial charge in [-0.3, -0.25) is 9.69 Å². The Balaban J connectivity index is 1.16. The molecule has 2 unspecified atom stereocenters. The lowest BCUT2D eigenvalue weighted by Crippen LogP contribution is -2.50. The molecule has 6 rings (SSSR count). The number of piperazine rings is 1. The summed E-state index contributed by atoms with van der Waals surface area (Å²) < 4.78 is 41.7. The van der Waals surface area contributed by atoms with Crippen molar-refractivity contribution in [1.29, 1.82) is 0 Å². The van der Waals surface area contributed by atoms with Crippen molar-refractivity contribution >= 4 is 26.8 Å². The first-order valence-electron chi connectivity index (χ1n) is 15.6. The number of aromatic nitrogens is 1. The molecule has 3 aromatic rings. The van der Waals surface area contributed by atoms with Crippen LogP contribution < -0.4 is 9.47 Å². The molecule has 43 heavy (non-hydrogen) atoms. The van der Waals surface area contributed by atoms with E-state index >= 15 is 0 Å². The molecule has 0 radical (unpaired) electrons. The highest BCUT2D eigenvalue weighted by atomic mass is 32.2. The van der Waals surface area contributed by atoms with Crippen molar-refractivity contribution in [3.63, 3.8) is 0 Å². The van der Waals surface area contributed by atoms with Gasteiger partial charge in [-0.2, -0.15) is 4.31 Å². The van der Waals surface area contributed by atoms with Crippen LogP contribution in [0.25, 0.3) is 10.9 Å². The SMILES string of the molecule is COc1ccc(S(=O)(=O)N2CCN(C(=O)c3cc4cc(OC5CC6CCC(C5)N6C(C)C)ccc4n3C(C)C)CC2)cc1. The van der Waals surface area contributed by atoms with E-state index in [1.807, 2.05) is 12.1 Å². The number of methoxy groups -OCH3 is 1. The Hall–Kier alpha value is -3.08. The molecular formula is C33H44N4O5S. The number of hydrogen-bond donors (Lipinski definition) is 0. The van der Waals surface area contributed by atoms with Gasteiger partial charge in [0.1, 0.15) is 23.3 Å². The van der Waals surface area contributed by atoms with Crippen molar-refractivity contribution in [2.45, 2.75) is 88.5 Å². The van der Waals surface area contributed by atoms with E-state index in [2.05, 4.69) is 49.3 Å². The van der Waals surface area contributed by atoms with E-state index in [9.17, 15) is 13.2 Å². The van der Waals surface area contributed by atoms with Gasteiger partial charge in [-0.25, -0.2) is 8.42 Å². The second kappa shape index (κ2) is 11.8. The van der Waals surface area contributed by atoms with Crippen molar-refractivity contribution in [2.24, 2.45) is 0 Å². The van der Waals surface area contributed by atoms with Gasteiger partial charge in [-0.1, -0.05) is 0 Å². The smallest absolute Gasteiger partial charge is 0.270 e. The second-order valence-corrected chi connectivity index (χ2v) is 14.7. The van der Waals surface area contributed by atoms with Crippen LogP contribution in [-0.4, -0.2) is 90.5 Å². The molecule has 0 spiro atoms. The Labute approximate surface area is 255 Å². The van der Waals surface area contributed by atoms with Crippen LogP contribution in [0.4, 0.5) is 0 Å². The summed E-state index contributed by atoms with van der Waals surface area (Å²) in [6.07, 6.45) is 4.84. The minimum absolute atomic E-state index is 0.0773. The summed E-state index contributed by atoms with van der Waals surface area (Å²) in [4.78, 5) is 18.5. The van der Waals surface area contributed by atoms with Crippen LogP contribution in [0.5, 0.6) is 11.5 Å². The topological polar surface area (TPSA) is 84.3 Å². The largest absolute Gasteiger partial charge is 0.497 e. The van der Waals surface area contributed by atoms with Crippen LogP contribution >= 0.6 is 0 Å². The van der Waals surface area contributed by atoms with Gasteiger partial charge in [0.2, 0.25) is 10.0 Å². The van der Waals surface area contributed by atoms with E-state index < -0.39 is 10.0 Å². The van der Waals surface area contributed by atoms with Crippen LogP contribution in [0.2, 0.25) is 0 Å². The maximum atomic E-state index is 13.8. The fourth-order valence-corrected chi connectivity index (χ4v) is 8.92. The number of piperidine rings is 1. The van der Waals surface area contributed by atoms with Crippen molar-refractivity contribution in [3.8, 4) is 11.5 Å². The fraction of sp³-hybridized carbons (Fsp3) is 0.545. The highest BCUT2D eigenvalue weighted by molar-refractivity contribution is 7.89. The quantitative estimate of drug-likeness (QED) is 0.351. The summed E-state index contributed by atoms with van der Waals surface area (Å²) >= 11 is 0. The highest BCUT2D eigenvalue weighted by Gasteiger charge is 2.42. The molecule has 2 bridgehead atoms. The molecule has 0 N–H and O–H groups in total. The molecule has 1 aromatic heterocycles. The van der Waals surface area contributed by atoms with E-state index in [4.69, 9.17) is 9.47 Å². The number of rotatable bonds is 8. The maximum Gasteiger partial charge on any atom is 0.270 e. The van der Waals surface area contributed by atoms with E-state index in [0.29, 0.717) is 42.7 Å². The molecule has 2 atom stereocenters. The van der Waals surface area contributed by atoms with Gasteiger partial charge in [0, 0.05) is 61.2 Å². The predicted molar refractivity (Wildman–Crippen MR) is 167 cm³/mol. The van der Waals surface area contributed by atoms with Crippen molar-refractivity contribution in [3.05, 3.63) is 54.2 Å². The summed E-state index contributed by atoms with van der Waals surface area (Å²) in [5, 5.41) is 0.984. The first-order chi connectivity index (χ1) is 20.6. The standard InChI is InChI=1S/C33H44N4O5S/c1-22(2)36-25-6-7-26(36)21-29(20-25)42-28-10-13-31-24(18-28)19-32(37(31)23(3)4)33(38)34-14-16-35(17-15-34)43(39,40)30-11-8-27(41-5)9-12-30/h8-13,18-19,22-23,25-26,29H,6-7,14-17,20-21H2,1-5H3. The van der Waals surface area contributed by atoms with Crippen LogP contribution in [0.1, 0.15) is 69.9 Å². The molecule has 3 aliphatic heterocycles. The first kappa shape index (κ1) is 30.0. The van der Waals surface area contributed by atoms with Crippen LogP contribution in [0, 0.1) is 0 Å². The minimum Gasteiger partial charge on any atom is -0.497 e. The van der Waals surface area contributed by atoms with Gasteiger partial charge in [-0.05, 0) is 102 Å². The third-order valence-corrected chi connectivity index (χ3v) is 11.3. The average Bonchev–Trinajstić information content (AvgIpc) is 3.51. The lowest BCUT2D eigenvalue weighted by Gasteiger charge is -2.41. The van der Waals surface area contributed by atoms with Gasteiger partial charge in [0.05, 0.1) is 12.0 Å². The molecule has 232 valence electrons. The molecule has 0 aliphatic carbocycles. The summed E-state index contributed by atoms with van der Waals surface area (Å²) in [5.41, 5.74) is 1.62. The molecule has 3 saturated heterocycles. The minimum atomic E-state index is -3.65. The Morgan fingerprint density at radius 2 is 1.47 bits per heavy atom. The summed E-state index contributed by atoms with van der Waals surface area (Å²) in [6.45, 7) is 9.91. The monoisotopic (exact) mass is 608 g/mol. The number of carbonyl (C=O) groups excluding carboxylic acids is 1. The number of nitrogens with zero attached hydrogens (tertiary/aromatic N) is 4. The summed E-state index contributed by atoms with van der Waals surface area (Å²) in [6, 6.07) is 16.4. The Morgan fingerprint density at radius 3 is 2.05 bits per heavy atom. The number of carbonyl (C=O) groups is 1. The van der Waals surface area contributed by atoms with Gasteiger partial charge in [0.25, 0.3) is 5.91 Å². The van der Waals surface area contributed by atoms with E-state index in [1.165, 1.54) is 17.1 Å². The maximum absolute atomic E-state index is 13.8. The zero-order valence-corrected chi connectivity index (χ0v) is 26.7. The zero-order chi connectivity index (χ0) is 30.5. The number of fused-ring (bicyclic) bond motifs is 3. The Morgan fingerprint density at radius 1 is 0.837 bits per heavy atom. The molecular weight excluding hydrogens is 564 g/mol. The van der Waals surface area contributed by atoms with Gasteiger partial charge in [-0.15, -0.1) is 0 Å². The van der Waals surface area contributed by atoms with E-state index in [-0.39, 0.29) is 36.0 Å². The summed E-state index contributed by atoms with van der Waals surface area (Å²) in [7, 11) is -2.11. The number of ether oxygens (including phenoxy) is 2. The molecule has 4 heterocycles. The fourth-order valence-electron chi connectivity index (χ4n) is 7.49. The second-order valence-electron chi connectivity index (χ2n) is 12.7. The lowest BCUT2D eigenvalue weighted by atomic mass is 9.98. The van der Waals surface area contributed by atoms with Crippen LogP contribution in [0.3, 0.4) is 0 Å². The van der Waals surface area contributed by atoms with Crippen molar-refractivity contribution in [2.75, 3.05) is 33.3 Å². The van der Waals surface area contributed by atoms with Gasteiger partial charge < -0.3 is 18.9 Å². The summed E-state index contributed by atoms with van der Waals surface area (Å²) in [5.74, 6) is 1.38. The molecule has 0 saturated carbocycles. The Bertz CT molecular complexity index is 1560. The first-order valence-corrected chi connectivity index (χ1v) is 17.0. The molecule has 1 amide bonds. The van der Waals surface area contributed by atoms with Gasteiger partial charge in [0.15, 0.2) is 0 Å². The third-order valence-electron chi connectivity index (χ3n) is 9.41. The number of benzene rings is 2. The zero-order valence-electron chi connectivity index (χ0n) is 25.9.